The molecule has 0 aliphatic heterocycles. The van der Waals surface area contributed by atoms with Crippen LogP contribution in [-0.4, -0.2) is 126 Å². The summed E-state index contributed by atoms with van der Waals surface area (Å²) in [6.45, 7) is 7.13. The van der Waals surface area contributed by atoms with Crippen molar-refractivity contribution in [3.05, 3.63) is 116 Å². The van der Waals surface area contributed by atoms with Crippen LogP contribution in [0.15, 0.2) is 85.6 Å². The standard InChI is InChI=1S/C23H33NO2.4C19H25NO2.10ClH.5Zr/c1-15(2)4-5-24-14-19-9-20(26-3)10-21(22(19)25)23-11-16-6-17(12-23)8-18(7-16)13-23;3*1-20-11-15-6-16(22-2)7-17(18(15)21)19-8-12-3-13(9-19)5-14(4-12)10-19;1-11-3-17(22-2)9-16(19(11)21)10-20-18-14-5-12-4-13(7-14)8-15(18)6-12;;;;;;;;;;;;;;;/h9-10,14-18,25H,4-8,11-13H2,1-3H3;3*6-7,11-14,21H,3-5,8-10H2,1-2H3;3,9-10,12-15,18,21H,4-8H2,1-2H3;10*1H;;;;;/q;;;;;;;;;;;;;;;5*+2/p-10. The molecule has 5 aromatic rings. The van der Waals surface area contributed by atoms with Gasteiger partial charge < -0.3 is 49.2 Å². The summed E-state index contributed by atoms with van der Waals surface area (Å²) in [4.78, 5) is 21.8. The second-order valence-corrected chi connectivity index (χ2v) is 59.2. The molecule has 20 aliphatic carbocycles. The number of halogens is 10. The Morgan fingerprint density at radius 3 is 0.744 bits per heavy atom. The zero-order valence-electron chi connectivity index (χ0n) is 76.8. The van der Waals surface area contributed by atoms with Crippen molar-refractivity contribution in [2.45, 2.75) is 241 Å². The van der Waals surface area contributed by atoms with Gasteiger partial charge in [0.2, 0.25) is 0 Å². The molecule has 0 spiro atoms. The van der Waals surface area contributed by atoms with Gasteiger partial charge in [-0.1, -0.05) is 13.8 Å². The third-order valence-electron chi connectivity index (χ3n) is 31.8. The number of phenols is 5. The van der Waals surface area contributed by atoms with E-state index in [9.17, 15) is 25.5 Å². The summed E-state index contributed by atoms with van der Waals surface area (Å²) in [5, 5.41) is 53.9. The Kier molecular flexibility index (Phi) is 44.0. The summed E-state index contributed by atoms with van der Waals surface area (Å²) in [6.07, 6.45) is 48.8. The SMILES string of the molecule is CN=Cc1cc(OC)cc(C23CC4CC(CC(C4)C2)C3)c1O.CN=Cc1cc(OC)cc(C23CC4CC(CC(C4)C2)C3)c1O.CN=Cc1cc(OC)cc(C23CC4CC(CC(C4)C2)C3)c1O.COc1cc(C)c(O)c(C=NC2C3CC4CC(C3)CC2C4)c1.COc1cc(C=NCCC(C)C)c(O)c(C23CC4CC(CC(C4)C2)C3)c1.[Cl][Zr][Cl].[Cl][Zr][Cl].[Cl][Zr][Cl].[Cl][Zr][Cl].[Cl][Zr][Cl]. The number of hydrogen-bond acceptors (Lipinski definition) is 15. The molecule has 129 heavy (non-hydrogen) atoms. The van der Waals surface area contributed by atoms with Crippen LogP contribution in [0.25, 0.3) is 0 Å². The van der Waals surface area contributed by atoms with Crippen LogP contribution < -0.4 is 23.7 Å². The summed E-state index contributed by atoms with van der Waals surface area (Å²) < 4.78 is 27.4. The van der Waals surface area contributed by atoms with E-state index in [0.717, 1.165) is 192 Å². The van der Waals surface area contributed by atoms with E-state index in [0.29, 0.717) is 40.7 Å². The van der Waals surface area contributed by atoms with Crippen LogP contribution in [0.5, 0.6) is 57.5 Å². The molecule has 25 rings (SSSR count). The molecule has 20 bridgehead atoms. The number of aromatic hydroxyl groups is 5. The normalized spacial score (nSPS) is 31.8. The van der Waals surface area contributed by atoms with Gasteiger partial charge in [-0.2, -0.15) is 0 Å². The van der Waals surface area contributed by atoms with Gasteiger partial charge in [0.25, 0.3) is 0 Å². The average molecular weight is 2360 g/mol. The summed E-state index contributed by atoms with van der Waals surface area (Å²) in [7, 11) is 63.0. The molecule has 5 N–H and O–H groups in total. The Labute approximate surface area is 862 Å². The quantitative estimate of drug-likeness (QED) is 0.0524. The molecule has 15 nitrogen and oxygen atoms in total. The van der Waals surface area contributed by atoms with Gasteiger partial charge in [-0.15, -0.1) is 0 Å². The van der Waals surface area contributed by atoms with Gasteiger partial charge in [0, 0.05) is 109 Å². The number of rotatable bonds is 18. The third-order valence-corrected chi connectivity index (χ3v) is 31.8. The van der Waals surface area contributed by atoms with Crippen molar-refractivity contribution in [3.63, 3.8) is 0 Å². The van der Waals surface area contributed by atoms with Crippen LogP contribution in [0.4, 0.5) is 0 Å². The van der Waals surface area contributed by atoms with Crippen LogP contribution in [0.3, 0.4) is 0 Å². The van der Waals surface area contributed by atoms with E-state index in [1.807, 2.05) is 55.8 Å². The molecule has 0 radical (unpaired) electrons. The maximum atomic E-state index is 11.1. The van der Waals surface area contributed by atoms with E-state index in [1.54, 1.807) is 75.3 Å². The van der Waals surface area contributed by atoms with E-state index in [4.69, 9.17) is 114 Å². The third kappa shape index (κ3) is 27.6. The molecule has 0 unspecified atom stereocenters. The minimum atomic E-state index is -0.826. The molecule has 0 aromatic heterocycles. The number of aliphatic imine (C=N–C) groups is 5. The van der Waals surface area contributed by atoms with Crippen molar-refractivity contribution in [2.24, 2.45) is 126 Å². The Morgan fingerprint density at radius 2 is 0.527 bits per heavy atom. The molecule has 0 atom stereocenters. The van der Waals surface area contributed by atoms with Gasteiger partial charge in [0.15, 0.2) is 0 Å². The van der Waals surface area contributed by atoms with Gasteiger partial charge in [0.1, 0.15) is 57.5 Å². The second-order valence-electron chi connectivity index (χ2n) is 40.6. The average Bonchev–Trinajstić information content (AvgIpc) is 0.735. The molecule has 20 saturated carbocycles. The Hall–Kier alpha value is -0.234. The molecule has 20 fully saturated rings. The summed E-state index contributed by atoms with van der Waals surface area (Å²) in [5.74, 6) is 20.6. The first kappa shape index (κ1) is 109. The molecule has 30 heteroatoms. The van der Waals surface area contributed by atoms with Crippen LogP contribution in [0, 0.1) is 108 Å². The predicted octanol–water partition coefficient (Wildman–Crippen LogP) is 27.9. The fourth-order valence-corrected chi connectivity index (χ4v) is 29.0. The number of phenolic OH excluding ortho intramolecular Hbond substituents is 5. The number of ether oxygens (including phenoxy) is 5. The number of aryl methyl sites for hydroxylation is 1. The Bertz CT molecular complexity index is 4180. The zero-order valence-corrected chi connectivity index (χ0v) is 96.6. The minimum absolute atomic E-state index is 0.161. The van der Waals surface area contributed by atoms with Gasteiger partial charge >= 0.3 is 189 Å². The van der Waals surface area contributed by atoms with Crippen molar-refractivity contribution in [2.75, 3.05) is 63.2 Å². The predicted molar refractivity (Wildman–Crippen MR) is 517 cm³/mol. The van der Waals surface area contributed by atoms with Gasteiger partial charge in [-0.3, -0.25) is 25.0 Å². The first-order valence-electron chi connectivity index (χ1n) is 46.2. The monoisotopic (exact) mass is 2350 g/mol. The van der Waals surface area contributed by atoms with Crippen LogP contribution in [-0.2, 0) is 126 Å². The number of hydrogen-bond donors (Lipinski definition) is 5. The first-order valence-corrected chi connectivity index (χ1v) is 77.9. The number of benzene rings is 5. The molecular formula is C99H133Cl10N5O10Zr5. The van der Waals surface area contributed by atoms with Crippen LogP contribution in [0.1, 0.15) is 262 Å². The first-order chi connectivity index (χ1) is 62.1. The number of nitrogens with zero attached hydrogens (tertiary/aromatic N) is 5. The van der Waals surface area contributed by atoms with Crippen molar-refractivity contribution >= 4 is 116 Å². The van der Waals surface area contributed by atoms with Crippen LogP contribution >= 0.6 is 85.1 Å². The zero-order chi connectivity index (χ0) is 93.1. The van der Waals surface area contributed by atoms with E-state index in [-0.39, 0.29) is 21.7 Å². The maximum absolute atomic E-state index is 11.1. The van der Waals surface area contributed by atoms with E-state index >= 15 is 0 Å². The fourth-order valence-electron chi connectivity index (χ4n) is 29.0. The van der Waals surface area contributed by atoms with Gasteiger partial charge in [-0.25, -0.2) is 0 Å². The van der Waals surface area contributed by atoms with Crippen molar-refractivity contribution in [3.8, 4) is 57.5 Å². The molecule has 20 aliphatic rings. The number of methoxy groups -OCH3 is 5. The molecule has 5 aromatic carbocycles. The summed E-state index contributed by atoms with van der Waals surface area (Å²) >= 11 is -4.13. The summed E-state index contributed by atoms with van der Waals surface area (Å²) in [5.41, 5.74) is 9.93. The fraction of sp³-hybridized carbons (Fsp3) is 0.646. The second kappa shape index (κ2) is 52.0. The summed E-state index contributed by atoms with van der Waals surface area (Å²) in [6, 6.07) is 20.1. The van der Waals surface area contributed by atoms with Gasteiger partial charge in [-0.05, 0) is 388 Å². The Morgan fingerprint density at radius 1 is 0.318 bits per heavy atom. The Balaban J connectivity index is 0.000000150. The van der Waals surface area contributed by atoms with Gasteiger partial charge in [0.05, 0.1) is 41.6 Å². The molecule has 704 valence electrons. The van der Waals surface area contributed by atoms with Crippen molar-refractivity contribution < 1.29 is 153 Å². The van der Waals surface area contributed by atoms with E-state index in [1.165, 1.54) is 186 Å². The molecule has 0 saturated heterocycles. The van der Waals surface area contributed by atoms with Crippen molar-refractivity contribution in [1.82, 2.24) is 0 Å². The molecule has 0 amide bonds. The van der Waals surface area contributed by atoms with E-state index in [2.05, 4.69) is 58.1 Å². The van der Waals surface area contributed by atoms with Crippen LogP contribution in [0.2, 0.25) is 0 Å². The van der Waals surface area contributed by atoms with Crippen molar-refractivity contribution in [1.29, 1.82) is 0 Å². The molecule has 0 heterocycles. The van der Waals surface area contributed by atoms with E-state index < -0.39 is 104 Å². The topological polar surface area (TPSA) is 209 Å². The molecular weight excluding hydrogens is 2230 g/mol.